The first-order valence-corrected chi connectivity index (χ1v) is 8.41. The molecule has 0 aliphatic heterocycles. The van der Waals surface area contributed by atoms with Crippen molar-refractivity contribution in [2.45, 2.75) is 36.1 Å². The number of rotatable bonds is 7. The first kappa shape index (κ1) is 14.5. The van der Waals surface area contributed by atoms with Crippen LogP contribution in [0.4, 0.5) is 0 Å². The van der Waals surface area contributed by atoms with Crippen molar-refractivity contribution in [1.29, 1.82) is 0 Å². The summed E-state index contributed by atoms with van der Waals surface area (Å²) < 4.78 is 5.49. The Kier molecular flexibility index (Phi) is 4.84. The Balaban J connectivity index is 1.67. The van der Waals surface area contributed by atoms with E-state index < -0.39 is 0 Å². The van der Waals surface area contributed by atoms with E-state index >= 15 is 0 Å². The molecule has 0 unspecified atom stereocenters. The van der Waals surface area contributed by atoms with Gasteiger partial charge in [-0.1, -0.05) is 24.3 Å². The topological polar surface area (TPSA) is 21.3 Å². The average Bonchev–Trinajstić information content (AvgIpc) is 3.36. The number of ether oxygens (including phenoxy) is 1. The molecule has 21 heavy (non-hydrogen) atoms. The Bertz CT molecular complexity index is 581. The monoisotopic (exact) mass is 299 g/mol. The summed E-state index contributed by atoms with van der Waals surface area (Å²) in [7, 11) is 1.74. The lowest BCUT2D eigenvalue weighted by atomic mass is 10.1. The van der Waals surface area contributed by atoms with Crippen LogP contribution >= 0.6 is 11.8 Å². The van der Waals surface area contributed by atoms with Crippen molar-refractivity contribution in [2.75, 3.05) is 7.11 Å². The summed E-state index contributed by atoms with van der Waals surface area (Å²) in [6.07, 6.45) is 2.65. The highest BCUT2D eigenvalue weighted by atomic mass is 32.2. The standard InChI is InChI=1S/C18H21NOS/c1-20-18-10-7-14(12-19-16-8-9-16)11-15(18)13-21-17-5-3-2-4-6-17/h2-7,10-11,16,19H,8-9,12-13H2,1H3. The Morgan fingerprint density at radius 3 is 2.67 bits per heavy atom. The van der Waals surface area contributed by atoms with Gasteiger partial charge in [0.05, 0.1) is 7.11 Å². The van der Waals surface area contributed by atoms with Crippen LogP contribution in [-0.4, -0.2) is 13.2 Å². The largest absolute Gasteiger partial charge is 0.496 e. The molecular formula is C18H21NOS. The average molecular weight is 299 g/mol. The van der Waals surface area contributed by atoms with Crippen LogP contribution in [0, 0.1) is 0 Å². The number of benzene rings is 2. The molecule has 0 spiro atoms. The molecule has 110 valence electrons. The molecule has 1 saturated carbocycles. The van der Waals surface area contributed by atoms with Gasteiger partial charge in [-0.25, -0.2) is 0 Å². The molecule has 0 saturated heterocycles. The van der Waals surface area contributed by atoms with Crippen LogP contribution in [0.25, 0.3) is 0 Å². The Morgan fingerprint density at radius 1 is 1.14 bits per heavy atom. The van der Waals surface area contributed by atoms with Crippen molar-refractivity contribution in [3.63, 3.8) is 0 Å². The van der Waals surface area contributed by atoms with Crippen molar-refractivity contribution >= 4 is 11.8 Å². The SMILES string of the molecule is COc1ccc(CNC2CC2)cc1CSc1ccccc1. The molecule has 0 atom stereocenters. The van der Waals surface area contributed by atoms with E-state index in [2.05, 4.69) is 53.8 Å². The van der Waals surface area contributed by atoms with E-state index in [9.17, 15) is 0 Å². The maximum absolute atomic E-state index is 5.49. The summed E-state index contributed by atoms with van der Waals surface area (Å²) >= 11 is 1.85. The minimum atomic E-state index is 0.745. The van der Waals surface area contributed by atoms with Crippen molar-refractivity contribution in [3.8, 4) is 5.75 Å². The first-order chi connectivity index (χ1) is 10.3. The highest BCUT2D eigenvalue weighted by Gasteiger charge is 2.20. The zero-order valence-electron chi connectivity index (χ0n) is 12.3. The number of hydrogen-bond acceptors (Lipinski definition) is 3. The highest BCUT2D eigenvalue weighted by Crippen LogP contribution is 2.29. The van der Waals surface area contributed by atoms with Crippen molar-refractivity contribution in [2.24, 2.45) is 0 Å². The van der Waals surface area contributed by atoms with Gasteiger partial charge in [-0.2, -0.15) is 0 Å². The van der Waals surface area contributed by atoms with Gasteiger partial charge in [0.2, 0.25) is 0 Å². The fourth-order valence-corrected chi connectivity index (χ4v) is 3.18. The third-order valence-corrected chi connectivity index (χ3v) is 4.72. The molecule has 3 rings (SSSR count). The van der Waals surface area contributed by atoms with E-state index in [-0.39, 0.29) is 0 Å². The Morgan fingerprint density at radius 2 is 1.95 bits per heavy atom. The summed E-state index contributed by atoms with van der Waals surface area (Å²) in [4.78, 5) is 1.29. The predicted octanol–water partition coefficient (Wildman–Crippen LogP) is 4.24. The van der Waals surface area contributed by atoms with Gasteiger partial charge in [0.15, 0.2) is 0 Å². The molecule has 3 heteroatoms. The van der Waals surface area contributed by atoms with Gasteiger partial charge in [0.25, 0.3) is 0 Å². The second kappa shape index (κ2) is 7.01. The minimum absolute atomic E-state index is 0.745. The van der Waals surface area contributed by atoms with Crippen LogP contribution in [0.1, 0.15) is 24.0 Å². The maximum atomic E-state index is 5.49. The summed E-state index contributed by atoms with van der Waals surface area (Å²) in [6, 6.07) is 17.8. The molecule has 0 aromatic heterocycles. The summed E-state index contributed by atoms with van der Waals surface area (Å²) in [5.41, 5.74) is 2.60. The van der Waals surface area contributed by atoms with Crippen LogP contribution in [0.3, 0.4) is 0 Å². The second-order valence-electron chi connectivity index (χ2n) is 5.40. The number of thioether (sulfide) groups is 1. The second-order valence-corrected chi connectivity index (χ2v) is 6.45. The molecule has 1 N–H and O–H groups in total. The van der Waals surface area contributed by atoms with Gasteiger partial charge in [0, 0.05) is 28.8 Å². The third kappa shape index (κ3) is 4.26. The summed E-state index contributed by atoms with van der Waals surface area (Å²) in [5, 5.41) is 3.56. The Labute approximate surface area is 130 Å². The summed E-state index contributed by atoms with van der Waals surface area (Å²) in [5.74, 6) is 1.92. The van der Waals surface area contributed by atoms with E-state index in [4.69, 9.17) is 4.74 Å². The molecular weight excluding hydrogens is 278 g/mol. The van der Waals surface area contributed by atoms with Gasteiger partial charge in [-0.3, -0.25) is 0 Å². The van der Waals surface area contributed by atoms with Crippen molar-refractivity contribution in [3.05, 3.63) is 59.7 Å². The lowest BCUT2D eigenvalue weighted by molar-refractivity contribution is 0.411. The van der Waals surface area contributed by atoms with Gasteiger partial charge >= 0.3 is 0 Å². The minimum Gasteiger partial charge on any atom is -0.496 e. The lowest BCUT2D eigenvalue weighted by Gasteiger charge is -2.11. The van der Waals surface area contributed by atoms with E-state index in [0.29, 0.717) is 0 Å². The zero-order valence-corrected chi connectivity index (χ0v) is 13.2. The van der Waals surface area contributed by atoms with Crippen LogP contribution in [0.5, 0.6) is 5.75 Å². The van der Waals surface area contributed by atoms with Crippen LogP contribution in [0.2, 0.25) is 0 Å². The summed E-state index contributed by atoms with van der Waals surface area (Å²) in [6.45, 7) is 0.956. The highest BCUT2D eigenvalue weighted by molar-refractivity contribution is 7.98. The first-order valence-electron chi connectivity index (χ1n) is 7.42. The third-order valence-electron chi connectivity index (χ3n) is 3.65. The molecule has 0 bridgehead atoms. The number of methoxy groups -OCH3 is 1. The maximum Gasteiger partial charge on any atom is 0.122 e. The zero-order chi connectivity index (χ0) is 14.5. The van der Waals surface area contributed by atoms with Gasteiger partial charge in [-0.15, -0.1) is 11.8 Å². The predicted molar refractivity (Wildman–Crippen MR) is 88.9 cm³/mol. The fourth-order valence-electron chi connectivity index (χ4n) is 2.28. The molecule has 0 heterocycles. The van der Waals surface area contributed by atoms with Crippen LogP contribution < -0.4 is 10.1 Å². The smallest absolute Gasteiger partial charge is 0.122 e. The molecule has 0 radical (unpaired) electrons. The van der Waals surface area contributed by atoms with E-state index in [1.807, 2.05) is 11.8 Å². The van der Waals surface area contributed by atoms with E-state index in [0.717, 1.165) is 24.1 Å². The van der Waals surface area contributed by atoms with Crippen molar-refractivity contribution < 1.29 is 4.74 Å². The van der Waals surface area contributed by atoms with E-state index in [1.165, 1.54) is 28.9 Å². The molecule has 1 fully saturated rings. The van der Waals surface area contributed by atoms with Crippen LogP contribution in [-0.2, 0) is 12.3 Å². The number of hydrogen-bond donors (Lipinski definition) is 1. The molecule has 1 aliphatic carbocycles. The van der Waals surface area contributed by atoms with E-state index in [1.54, 1.807) is 7.11 Å². The molecule has 2 aromatic rings. The molecule has 0 amide bonds. The van der Waals surface area contributed by atoms with Gasteiger partial charge in [-0.05, 0) is 42.7 Å². The molecule has 2 aromatic carbocycles. The van der Waals surface area contributed by atoms with Crippen LogP contribution in [0.15, 0.2) is 53.4 Å². The Hall–Kier alpha value is -1.45. The normalized spacial score (nSPS) is 14.1. The molecule has 2 nitrogen and oxygen atoms in total. The lowest BCUT2D eigenvalue weighted by Crippen LogP contribution is -2.15. The van der Waals surface area contributed by atoms with Gasteiger partial charge < -0.3 is 10.1 Å². The molecule has 1 aliphatic rings. The number of nitrogens with one attached hydrogen (secondary N) is 1. The van der Waals surface area contributed by atoms with Crippen molar-refractivity contribution in [1.82, 2.24) is 5.32 Å². The fraction of sp³-hybridized carbons (Fsp3) is 0.333. The van der Waals surface area contributed by atoms with Gasteiger partial charge in [0.1, 0.15) is 5.75 Å². The quantitative estimate of drug-likeness (QED) is 0.773.